The standard InChI is InChI=1S/C19H22N2/c1-5-14(2)18-11-12-19(15(3)13-18)21-20-16(4)17-9-7-6-8-10-17/h6-13,21H,2,5H2,1,3-4H3/b20-16+. The van der Waals surface area contributed by atoms with Crippen LogP contribution in [0, 0.1) is 6.92 Å². The van der Waals surface area contributed by atoms with Crippen LogP contribution < -0.4 is 5.43 Å². The Morgan fingerprint density at radius 2 is 1.81 bits per heavy atom. The van der Waals surface area contributed by atoms with Gasteiger partial charge < -0.3 is 0 Å². The van der Waals surface area contributed by atoms with E-state index in [4.69, 9.17) is 0 Å². The number of nitrogens with one attached hydrogen (secondary N) is 1. The number of hydrogen-bond acceptors (Lipinski definition) is 2. The summed E-state index contributed by atoms with van der Waals surface area (Å²) in [6, 6.07) is 16.5. The Morgan fingerprint density at radius 1 is 1.10 bits per heavy atom. The van der Waals surface area contributed by atoms with Gasteiger partial charge in [-0.25, -0.2) is 0 Å². The largest absolute Gasteiger partial charge is 0.278 e. The van der Waals surface area contributed by atoms with Crippen molar-refractivity contribution < 1.29 is 0 Å². The maximum Gasteiger partial charge on any atom is 0.0648 e. The van der Waals surface area contributed by atoms with Gasteiger partial charge in [-0.1, -0.05) is 49.9 Å². The van der Waals surface area contributed by atoms with Crippen LogP contribution in [0.2, 0.25) is 0 Å². The highest BCUT2D eigenvalue weighted by Gasteiger charge is 2.02. The minimum absolute atomic E-state index is 0.969. The molecular formula is C19H22N2. The Labute approximate surface area is 127 Å². The van der Waals surface area contributed by atoms with E-state index in [0.717, 1.165) is 29.0 Å². The van der Waals surface area contributed by atoms with Crippen molar-refractivity contribution in [1.29, 1.82) is 0 Å². The third-order valence-corrected chi connectivity index (χ3v) is 3.60. The zero-order valence-electron chi connectivity index (χ0n) is 13.0. The quantitative estimate of drug-likeness (QED) is 0.586. The van der Waals surface area contributed by atoms with Crippen molar-refractivity contribution in [3.8, 4) is 0 Å². The average Bonchev–Trinajstić information content (AvgIpc) is 2.53. The predicted octanol–water partition coefficient (Wildman–Crippen LogP) is 5.25. The maximum atomic E-state index is 4.46. The van der Waals surface area contributed by atoms with Crippen LogP contribution in [-0.4, -0.2) is 5.71 Å². The maximum absolute atomic E-state index is 4.46. The summed E-state index contributed by atoms with van der Waals surface area (Å²) in [7, 11) is 0. The number of nitrogens with zero attached hydrogens (tertiary/aromatic N) is 1. The van der Waals surface area contributed by atoms with Gasteiger partial charge in [0.25, 0.3) is 0 Å². The molecule has 108 valence electrons. The van der Waals surface area contributed by atoms with E-state index in [9.17, 15) is 0 Å². The molecule has 0 unspecified atom stereocenters. The predicted molar refractivity (Wildman–Crippen MR) is 92.8 cm³/mol. The lowest BCUT2D eigenvalue weighted by Gasteiger charge is -2.10. The van der Waals surface area contributed by atoms with Gasteiger partial charge in [0.05, 0.1) is 11.4 Å². The normalized spacial score (nSPS) is 11.3. The molecule has 2 rings (SSSR count). The first kappa shape index (κ1) is 15.0. The van der Waals surface area contributed by atoms with Crippen LogP contribution in [0.4, 0.5) is 5.69 Å². The lowest BCUT2D eigenvalue weighted by molar-refractivity contribution is 1.23. The van der Waals surface area contributed by atoms with Crippen molar-refractivity contribution in [1.82, 2.24) is 0 Å². The zero-order chi connectivity index (χ0) is 15.2. The highest BCUT2D eigenvalue weighted by atomic mass is 15.3. The fourth-order valence-electron chi connectivity index (χ4n) is 2.10. The smallest absolute Gasteiger partial charge is 0.0648 e. The summed E-state index contributed by atoms with van der Waals surface area (Å²) in [5.74, 6) is 0. The van der Waals surface area contributed by atoms with Gasteiger partial charge in [-0.15, -0.1) is 0 Å². The molecule has 0 amide bonds. The van der Waals surface area contributed by atoms with Crippen LogP contribution >= 0.6 is 0 Å². The molecule has 0 saturated heterocycles. The molecule has 0 aromatic heterocycles. The van der Waals surface area contributed by atoms with Crippen molar-refractivity contribution in [2.45, 2.75) is 27.2 Å². The minimum Gasteiger partial charge on any atom is -0.278 e. The highest BCUT2D eigenvalue weighted by molar-refractivity contribution is 5.99. The van der Waals surface area contributed by atoms with Crippen molar-refractivity contribution in [2.75, 3.05) is 5.43 Å². The number of hydrazone groups is 1. The number of rotatable bonds is 5. The van der Waals surface area contributed by atoms with Gasteiger partial charge in [0.15, 0.2) is 0 Å². The van der Waals surface area contributed by atoms with Gasteiger partial charge in [-0.2, -0.15) is 5.10 Å². The van der Waals surface area contributed by atoms with Crippen molar-refractivity contribution in [3.63, 3.8) is 0 Å². The molecule has 0 saturated carbocycles. The molecular weight excluding hydrogens is 256 g/mol. The second kappa shape index (κ2) is 6.89. The van der Waals surface area contributed by atoms with Crippen LogP contribution in [0.5, 0.6) is 0 Å². The summed E-state index contributed by atoms with van der Waals surface area (Å²) in [6.07, 6.45) is 0.970. The Kier molecular flexibility index (Phi) is 4.94. The SMILES string of the molecule is C=C(CC)c1ccc(N/N=C(\C)c2ccccc2)c(C)c1. The summed E-state index contributed by atoms with van der Waals surface area (Å²) in [4.78, 5) is 0. The molecule has 1 N–H and O–H groups in total. The van der Waals surface area contributed by atoms with E-state index >= 15 is 0 Å². The summed E-state index contributed by atoms with van der Waals surface area (Å²) in [5, 5.41) is 4.46. The van der Waals surface area contributed by atoms with Crippen LogP contribution in [0.3, 0.4) is 0 Å². The number of allylic oxidation sites excluding steroid dienone is 1. The highest BCUT2D eigenvalue weighted by Crippen LogP contribution is 2.22. The molecule has 0 bridgehead atoms. The van der Waals surface area contributed by atoms with Crippen LogP contribution in [-0.2, 0) is 0 Å². The number of benzene rings is 2. The number of anilines is 1. The third-order valence-electron chi connectivity index (χ3n) is 3.60. The number of aryl methyl sites for hydroxylation is 1. The molecule has 0 radical (unpaired) electrons. The topological polar surface area (TPSA) is 24.4 Å². The fourth-order valence-corrected chi connectivity index (χ4v) is 2.10. The van der Waals surface area contributed by atoms with Crippen LogP contribution in [0.15, 0.2) is 60.2 Å². The van der Waals surface area contributed by atoms with Gasteiger partial charge in [-0.05, 0) is 54.7 Å². The van der Waals surface area contributed by atoms with Gasteiger partial charge in [0, 0.05) is 0 Å². The van der Waals surface area contributed by atoms with E-state index in [0.29, 0.717) is 0 Å². The van der Waals surface area contributed by atoms with Crippen LogP contribution in [0.25, 0.3) is 5.57 Å². The molecule has 0 heterocycles. The van der Waals surface area contributed by atoms with Gasteiger partial charge in [0.1, 0.15) is 0 Å². The molecule has 0 aliphatic rings. The summed E-state index contributed by atoms with van der Waals surface area (Å²) >= 11 is 0. The van der Waals surface area contributed by atoms with E-state index in [1.165, 1.54) is 11.1 Å². The molecule has 2 nitrogen and oxygen atoms in total. The Morgan fingerprint density at radius 3 is 2.43 bits per heavy atom. The summed E-state index contributed by atoms with van der Waals surface area (Å²) in [6.45, 7) is 10.3. The third kappa shape index (κ3) is 3.82. The molecule has 2 heteroatoms. The molecule has 2 aromatic rings. The Bertz CT molecular complexity index is 655. The first-order chi connectivity index (χ1) is 10.1. The van der Waals surface area contributed by atoms with E-state index in [-0.39, 0.29) is 0 Å². The Balaban J connectivity index is 2.15. The summed E-state index contributed by atoms with van der Waals surface area (Å²) < 4.78 is 0. The number of hydrogen-bond donors (Lipinski definition) is 1. The molecule has 0 aliphatic heterocycles. The van der Waals surface area contributed by atoms with Crippen LogP contribution in [0.1, 0.15) is 37.0 Å². The molecule has 0 aliphatic carbocycles. The first-order valence-corrected chi connectivity index (χ1v) is 7.26. The van der Waals surface area contributed by atoms with E-state index in [1.54, 1.807) is 0 Å². The first-order valence-electron chi connectivity index (χ1n) is 7.26. The molecule has 0 spiro atoms. The van der Waals surface area contributed by atoms with Gasteiger partial charge in [-0.3, -0.25) is 5.43 Å². The van der Waals surface area contributed by atoms with E-state index in [2.05, 4.69) is 61.3 Å². The molecule has 0 atom stereocenters. The van der Waals surface area contributed by atoms with Crippen molar-refractivity contribution in [3.05, 3.63) is 71.8 Å². The minimum atomic E-state index is 0.969. The lowest BCUT2D eigenvalue weighted by Crippen LogP contribution is -2.00. The Hall–Kier alpha value is -2.35. The zero-order valence-corrected chi connectivity index (χ0v) is 13.0. The van der Waals surface area contributed by atoms with Crippen molar-refractivity contribution >= 4 is 17.0 Å². The summed E-state index contributed by atoms with van der Waals surface area (Å²) in [5.41, 5.74) is 9.80. The van der Waals surface area contributed by atoms with Gasteiger partial charge >= 0.3 is 0 Å². The van der Waals surface area contributed by atoms with Crippen molar-refractivity contribution in [2.24, 2.45) is 5.10 Å². The molecule has 0 fully saturated rings. The molecule has 21 heavy (non-hydrogen) atoms. The fraction of sp³-hybridized carbons (Fsp3) is 0.211. The molecule has 2 aromatic carbocycles. The lowest BCUT2D eigenvalue weighted by atomic mass is 10.0. The van der Waals surface area contributed by atoms with E-state index < -0.39 is 0 Å². The van der Waals surface area contributed by atoms with E-state index in [1.807, 2.05) is 25.1 Å². The average molecular weight is 278 g/mol. The second-order valence-corrected chi connectivity index (χ2v) is 5.16. The monoisotopic (exact) mass is 278 g/mol. The second-order valence-electron chi connectivity index (χ2n) is 5.16. The van der Waals surface area contributed by atoms with Gasteiger partial charge in [0.2, 0.25) is 0 Å².